The lowest BCUT2D eigenvalue weighted by Gasteiger charge is -2.12. The summed E-state index contributed by atoms with van der Waals surface area (Å²) in [5.74, 6) is -1.88. The third-order valence-corrected chi connectivity index (χ3v) is 2.35. The Hall–Kier alpha value is -1.71. The molecule has 2 nitrogen and oxygen atoms in total. The number of hydrogen-bond donors (Lipinski definition) is 0. The molecule has 0 amide bonds. The fraction of sp³-hybridized carbons (Fsp3) is 0.250. The van der Waals surface area contributed by atoms with Gasteiger partial charge in [0.05, 0.1) is 12.9 Å². The SMILES string of the molecule is O=C(C1=COCCC1)c1cc(F)cc(F)c1. The zero-order valence-corrected chi connectivity index (χ0v) is 8.50. The monoisotopic (exact) mass is 224 g/mol. The largest absolute Gasteiger partial charge is 0.501 e. The predicted octanol–water partition coefficient (Wildman–Crippen LogP) is 2.84. The Kier molecular flexibility index (Phi) is 2.99. The minimum absolute atomic E-state index is 0.0225. The summed E-state index contributed by atoms with van der Waals surface area (Å²) in [6, 6.07) is 2.80. The Bertz CT molecular complexity index is 432. The molecule has 0 saturated carbocycles. The summed E-state index contributed by atoms with van der Waals surface area (Å²) in [6.45, 7) is 0.578. The summed E-state index contributed by atoms with van der Waals surface area (Å²) in [5.41, 5.74) is 0.477. The van der Waals surface area contributed by atoms with E-state index in [4.69, 9.17) is 4.74 Å². The van der Waals surface area contributed by atoms with E-state index in [1.807, 2.05) is 0 Å². The van der Waals surface area contributed by atoms with Gasteiger partial charge in [0.25, 0.3) is 0 Å². The number of ether oxygens (including phenoxy) is 1. The smallest absolute Gasteiger partial charge is 0.192 e. The van der Waals surface area contributed by atoms with Gasteiger partial charge < -0.3 is 4.74 Å². The van der Waals surface area contributed by atoms with Gasteiger partial charge in [-0.1, -0.05) is 0 Å². The molecule has 2 rings (SSSR count). The summed E-state index contributed by atoms with van der Waals surface area (Å²) in [4.78, 5) is 11.8. The number of ketones is 1. The molecule has 1 aromatic carbocycles. The van der Waals surface area contributed by atoms with Gasteiger partial charge >= 0.3 is 0 Å². The Morgan fingerprint density at radius 2 is 1.88 bits per heavy atom. The summed E-state index contributed by atoms with van der Waals surface area (Å²) >= 11 is 0. The molecular weight excluding hydrogens is 214 g/mol. The first-order valence-electron chi connectivity index (χ1n) is 4.98. The van der Waals surface area contributed by atoms with E-state index in [-0.39, 0.29) is 11.3 Å². The van der Waals surface area contributed by atoms with Crippen LogP contribution in [0.5, 0.6) is 0 Å². The number of carbonyl (C=O) groups is 1. The summed E-state index contributed by atoms with van der Waals surface area (Å²) in [7, 11) is 0. The molecule has 16 heavy (non-hydrogen) atoms. The molecule has 1 aromatic rings. The fourth-order valence-electron chi connectivity index (χ4n) is 1.60. The fourth-order valence-corrected chi connectivity index (χ4v) is 1.60. The van der Waals surface area contributed by atoms with Crippen molar-refractivity contribution >= 4 is 5.78 Å². The molecular formula is C12H10F2O2. The Morgan fingerprint density at radius 3 is 2.44 bits per heavy atom. The van der Waals surface area contributed by atoms with Gasteiger partial charge in [0, 0.05) is 17.2 Å². The van der Waals surface area contributed by atoms with E-state index in [2.05, 4.69) is 0 Å². The first-order valence-corrected chi connectivity index (χ1v) is 4.98. The number of allylic oxidation sites excluding steroid dienone is 1. The number of hydrogen-bond acceptors (Lipinski definition) is 2. The zero-order valence-electron chi connectivity index (χ0n) is 8.50. The van der Waals surface area contributed by atoms with Crippen LogP contribution in [0.4, 0.5) is 8.78 Å². The number of carbonyl (C=O) groups excluding carboxylic acids is 1. The van der Waals surface area contributed by atoms with Gasteiger partial charge in [0.15, 0.2) is 5.78 Å². The van der Waals surface area contributed by atoms with E-state index in [9.17, 15) is 13.6 Å². The van der Waals surface area contributed by atoms with E-state index in [1.54, 1.807) is 0 Å². The summed E-state index contributed by atoms with van der Waals surface area (Å²) in [5, 5.41) is 0. The van der Waals surface area contributed by atoms with Gasteiger partial charge in [-0.05, 0) is 25.0 Å². The van der Waals surface area contributed by atoms with Gasteiger partial charge in [-0.2, -0.15) is 0 Å². The Labute approximate surface area is 91.5 Å². The minimum Gasteiger partial charge on any atom is -0.501 e. The highest BCUT2D eigenvalue weighted by atomic mass is 19.1. The van der Waals surface area contributed by atoms with Crippen LogP contribution >= 0.6 is 0 Å². The molecule has 0 N–H and O–H groups in total. The van der Waals surface area contributed by atoms with Crippen molar-refractivity contribution in [3.05, 3.63) is 47.2 Å². The number of Topliss-reactive ketones (excluding diaryl/α,β-unsaturated/α-hetero) is 1. The van der Waals surface area contributed by atoms with Crippen LogP contribution in [-0.4, -0.2) is 12.4 Å². The molecule has 0 radical (unpaired) electrons. The maximum absolute atomic E-state index is 12.9. The lowest BCUT2D eigenvalue weighted by molar-refractivity contribution is 0.101. The molecule has 1 aliphatic heterocycles. The highest BCUT2D eigenvalue weighted by Gasteiger charge is 2.16. The lowest BCUT2D eigenvalue weighted by Crippen LogP contribution is -2.09. The molecule has 0 aromatic heterocycles. The van der Waals surface area contributed by atoms with Gasteiger partial charge in [0.2, 0.25) is 0 Å². The number of halogens is 2. The van der Waals surface area contributed by atoms with E-state index in [0.29, 0.717) is 18.6 Å². The van der Waals surface area contributed by atoms with E-state index < -0.39 is 11.6 Å². The van der Waals surface area contributed by atoms with Crippen LogP contribution in [0, 0.1) is 11.6 Å². The van der Waals surface area contributed by atoms with Crippen molar-refractivity contribution in [3.8, 4) is 0 Å². The third kappa shape index (κ3) is 2.27. The maximum atomic E-state index is 12.9. The molecule has 0 bridgehead atoms. The van der Waals surface area contributed by atoms with Crippen molar-refractivity contribution < 1.29 is 18.3 Å². The highest BCUT2D eigenvalue weighted by Crippen LogP contribution is 2.18. The second kappa shape index (κ2) is 4.43. The standard InChI is InChI=1S/C12H10F2O2/c13-10-4-9(5-11(14)6-10)12(15)8-2-1-3-16-7-8/h4-7H,1-3H2. The van der Waals surface area contributed by atoms with Gasteiger partial charge in [-0.15, -0.1) is 0 Å². The molecule has 0 saturated heterocycles. The third-order valence-electron chi connectivity index (χ3n) is 2.35. The average Bonchev–Trinajstić information content (AvgIpc) is 2.28. The van der Waals surface area contributed by atoms with Crippen molar-refractivity contribution in [1.29, 1.82) is 0 Å². The first kappa shape index (κ1) is 10.8. The van der Waals surface area contributed by atoms with Crippen LogP contribution < -0.4 is 0 Å². The molecule has 0 spiro atoms. The lowest BCUT2D eigenvalue weighted by atomic mass is 9.99. The average molecular weight is 224 g/mol. The first-order chi connectivity index (χ1) is 7.66. The van der Waals surface area contributed by atoms with E-state index in [0.717, 1.165) is 24.6 Å². The van der Waals surface area contributed by atoms with Gasteiger partial charge in [0.1, 0.15) is 11.6 Å². The topological polar surface area (TPSA) is 26.3 Å². The molecule has 1 heterocycles. The van der Waals surface area contributed by atoms with Crippen molar-refractivity contribution in [3.63, 3.8) is 0 Å². The summed E-state index contributed by atoms with van der Waals surface area (Å²) < 4.78 is 30.8. The van der Waals surface area contributed by atoms with Crippen molar-refractivity contribution in [2.45, 2.75) is 12.8 Å². The molecule has 0 atom stereocenters. The Morgan fingerprint density at radius 1 is 1.19 bits per heavy atom. The predicted molar refractivity (Wildman–Crippen MR) is 54.0 cm³/mol. The van der Waals surface area contributed by atoms with Crippen LogP contribution in [-0.2, 0) is 4.74 Å². The molecule has 0 fully saturated rings. The van der Waals surface area contributed by atoms with Crippen molar-refractivity contribution in [2.24, 2.45) is 0 Å². The second-order valence-electron chi connectivity index (χ2n) is 3.60. The zero-order chi connectivity index (χ0) is 11.5. The van der Waals surface area contributed by atoms with Crippen molar-refractivity contribution in [1.82, 2.24) is 0 Å². The number of benzene rings is 1. The van der Waals surface area contributed by atoms with Crippen LogP contribution in [0.15, 0.2) is 30.0 Å². The normalized spacial score (nSPS) is 15.2. The number of rotatable bonds is 2. The molecule has 4 heteroatoms. The van der Waals surface area contributed by atoms with Crippen LogP contribution in [0.3, 0.4) is 0 Å². The Balaban J connectivity index is 2.29. The van der Waals surface area contributed by atoms with Crippen molar-refractivity contribution in [2.75, 3.05) is 6.61 Å². The van der Waals surface area contributed by atoms with Crippen LogP contribution in [0.1, 0.15) is 23.2 Å². The van der Waals surface area contributed by atoms with Crippen LogP contribution in [0.25, 0.3) is 0 Å². The van der Waals surface area contributed by atoms with E-state index >= 15 is 0 Å². The summed E-state index contributed by atoms with van der Waals surface area (Å²) in [6.07, 6.45) is 2.70. The second-order valence-corrected chi connectivity index (χ2v) is 3.60. The molecule has 1 aliphatic rings. The molecule has 0 aliphatic carbocycles. The van der Waals surface area contributed by atoms with E-state index in [1.165, 1.54) is 6.26 Å². The van der Waals surface area contributed by atoms with Gasteiger partial charge in [-0.25, -0.2) is 8.78 Å². The van der Waals surface area contributed by atoms with Crippen LogP contribution in [0.2, 0.25) is 0 Å². The minimum atomic E-state index is -0.749. The van der Waals surface area contributed by atoms with Gasteiger partial charge in [-0.3, -0.25) is 4.79 Å². The molecule has 84 valence electrons. The maximum Gasteiger partial charge on any atom is 0.192 e. The highest BCUT2D eigenvalue weighted by molar-refractivity contribution is 6.08. The molecule has 0 unspecified atom stereocenters. The quantitative estimate of drug-likeness (QED) is 0.722.